The molecule has 2 rings (SSSR count). The number of hydrogen-bond acceptors (Lipinski definition) is 3. The molecule has 3 nitrogen and oxygen atoms in total. The van der Waals surface area contributed by atoms with Crippen LogP contribution in [-0.2, 0) is 6.61 Å². The zero-order valence-corrected chi connectivity index (χ0v) is 11.5. The van der Waals surface area contributed by atoms with Crippen molar-refractivity contribution >= 4 is 12.4 Å². The second-order valence-corrected chi connectivity index (χ2v) is 4.15. The molecule has 2 aromatic rings. The van der Waals surface area contributed by atoms with E-state index in [0.29, 0.717) is 13.2 Å². The largest absolute Gasteiger partial charge is 0.489 e. The molecule has 0 fully saturated rings. The van der Waals surface area contributed by atoms with Gasteiger partial charge in [-0.15, -0.1) is 12.4 Å². The number of ether oxygens (including phenoxy) is 1. The summed E-state index contributed by atoms with van der Waals surface area (Å²) in [5.74, 6) is 0.805. The number of benzene rings is 2. The van der Waals surface area contributed by atoms with Crippen molar-refractivity contribution in [2.45, 2.75) is 12.6 Å². The lowest BCUT2D eigenvalue weighted by atomic mass is 10.1. The monoisotopic (exact) mass is 278 g/mol. The minimum Gasteiger partial charge on any atom is -0.489 e. The van der Waals surface area contributed by atoms with E-state index in [1.165, 1.54) is 0 Å². The Hall–Kier alpha value is -1.55. The van der Waals surface area contributed by atoms with Crippen LogP contribution in [0.3, 0.4) is 0 Å². The highest BCUT2D eigenvalue weighted by molar-refractivity contribution is 5.85. The zero-order valence-electron chi connectivity index (χ0n) is 10.7. The molecule has 0 saturated carbocycles. The third-order valence-electron chi connectivity index (χ3n) is 2.81. The third kappa shape index (κ3) is 4.24. The molecule has 4 N–H and O–H groups in total. The number of hydrogen-bond donors (Lipinski definition) is 2. The number of nitrogens with two attached hydrogens (primary N) is 2. The molecule has 0 spiro atoms. The highest BCUT2D eigenvalue weighted by Gasteiger charge is 2.09. The Kier molecular flexibility index (Phi) is 6.36. The first-order valence-electron chi connectivity index (χ1n) is 6.02. The van der Waals surface area contributed by atoms with E-state index in [2.05, 4.69) is 0 Å². The van der Waals surface area contributed by atoms with Gasteiger partial charge in [-0.3, -0.25) is 0 Å². The molecule has 0 aromatic heterocycles. The fourth-order valence-corrected chi connectivity index (χ4v) is 1.78. The summed E-state index contributed by atoms with van der Waals surface area (Å²) in [6.45, 7) is 0.945. The predicted molar refractivity (Wildman–Crippen MR) is 80.4 cm³/mol. The Balaban J connectivity index is 0.00000180. The van der Waals surface area contributed by atoms with Crippen molar-refractivity contribution < 1.29 is 4.74 Å². The molecule has 0 heterocycles. The summed E-state index contributed by atoms with van der Waals surface area (Å²) in [5.41, 5.74) is 13.6. The van der Waals surface area contributed by atoms with Gasteiger partial charge < -0.3 is 16.2 Å². The number of para-hydroxylation sites is 1. The average Bonchev–Trinajstić information content (AvgIpc) is 2.45. The molecule has 0 aliphatic carbocycles. The van der Waals surface area contributed by atoms with Crippen LogP contribution in [0, 0.1) is 0 Å². The van der Waals surface area contributed by atoms with Crippen molar-refractivity contribution in [3.63, 3.8) is 0 Å². The van der Waals surface area contributed by atoms with Gasteiger partial charge in [0.2, 0.25) is 0 Å². The summed E-state index contributed by atoms with van der Waals surface area (Å²) in [7, 11) is 0. The zero-order chi connectivity index (χ0) is 12.8. The Morgan fingerprint density at radius 3 is 2.26 bits per heavy atom. The molecular formula is C15H19ClN2O. The molecule has 102 valence electrons. The van der Waals surface area contributed by atoms with Crippen LogP contribution < -0.4 is 16.2 Å². The van der Waals surface area contributed by atoms with E-state index in [1.807, 2.05) is 54.6 Å². The van der Waals surface area contributed by atoms with Gasteiger partial charge in [0.05, 0.1) is 0 Å². The second kappa shape index (κ2) is 7.79. The van der Waals surface area contributed by atoms with Gasteiger partial charge in [-0.1, -0.05) is 48.5 Å². The second-order valence-electron chi connectivity index (χ2n) is 4.15. The predicted octanol–water partition coefficient (Wildman–Crippen LogP) is 2.65. The standard InChI is InChI=1S/C15H18N2O.ClH/c16-10-14(17)13-8-4-5-9-15(13)18-11-12-6-2-1-3-7-12;/h1-9,14H,10-11,16-17H2;1H/t14-;/m1./s1. The molecular weight excluding hydrogens is 260 g/mol. The van der Waals surface area contributed by atoms with Crippen molar-refractivity contribution in [3.05, 3.63) is 65.7 Å². The van der Waals surface area contributed by atoms with E-state index in [9.17, 15) is 0 Å². The van der Waals surface area contributed by atoms with E-state index in [1.54, 1.807) is 0 Å². The quantitative estimate of drug-likeness (QED) is 0.884. The van der Waals surface area contributed by atoms with Crippen LogP contribution in [0.1, 0.15) is 17.2 Å². The van der Waals surface area contributed by atoms with E-state index < -0.39 is 0 Å². The fraction of sp³-hybridized carbons (Fsp3) is 0.200. The molecule has 0 aliphatic rings. The number of rotatable bonds is 5. The summed E-state index contributed by atoms with van der Waals surface area (Å²) < 4.78 is 5.81. The molecule has 1 atom stereocenters. The van der Waals surface area contributed by atoms with Crippen molar-refractivity contribution in [2.75, 3.05) is 6.54 Å². The van der Waals surface area contributed by atoms with Crippen LogP contribution >= 0.6 is 12.4 Å². The van der Waals surface area contributed by atoms with E-state index in [-0.39, 0.29) is 18.4 Å². The lowest BCUT2D eigenvalue weighted by molar-refractivity contribution is 0.301. The molecule has 2 aromatic carbocycles. The van der Waals surface area contributed by atoms with E-state index in [4.69, 9.17) is 16.2 Å². The van der Waals surface area contributed by atoms with Crippen molar-refractivity contribution in [1.82, 2.24) is 0 Å². The van der Waals surface area contributed by atoms with Crippen LogP contribution in [0.5, 0.6) is 5.75 Å². The van der Waals surface area contributed by atoms with Gasteiger partial charge in [0, 0.05) is 18.2 Å². The molecule has 0 aliphatic heterocycles. The van der Waals surface area contributed by atoms with Gasteiger partial charge in [-0.05, 0) is 11.6 Å². The maximum Gasteiger partial charge on any atom is 0.124 e. The number of halogens is 1. The van der Waals surface area contributed by atoms with Crippen molar-refractivity contribution in [3.8, 4) is 5.75 Å². The van der Waals surface area contributed by atoms with Gasteiger partial charge in [0.1, 0.15) is 12.4 Å². The summed E-state index contributed by atoms with van der Waals surface area (Å²) in [6.07, 6.45) is 0. The molecule has 0 bridgehead atoms. The van der Waals surface area contributed by atoms with Crippen LogP contribution in [0.15, 0.2) is 54.6 Å². The van der Waals surface area contributed by atoms with Gasteiger partial charge in [0.15, 0.2) is 0 Å². The lowest BCUT2D eigenvalue weighted by Gasteiger charge is -2.15. The lowest BCUT2D eigenvalue weighted by Crippen LogP contribution is -2.21. The van der Waals surface area contributed by atoms with Crippen LogP contribution in [0.4, 0.5) is 0 Å². The summed E-state index contributed by atoms with van der Waals surface area (Å²) in [5, 5.41) is 0. The summed E-state index contributed by atoms with van der Waals surface area (Å²) in [4.78, 5) is 0. The average molecular weight is 279 g/mol. The third-order valence-corrected chi connectivity index (χ3v) is 2.81. The summed E-state index contributed by atoms with van der Waals surface area (Å²) in [6, 6.07) is 17.6. The highest BCUT2D eigenvalue weighted by atomic mass is 35.5. The Morgan fingerprint density at radius 2 is 1.58 bits per heavy atom. The minimum atomic E-state index is -0.183. The van der Waals surface area contributed by atoms with Crippen LogP contribution in [0.2, 0.25) is 0 Å². The Morgan fingerprint density at radius 1 is 0.947 bits per heavy atom. The van der Waals surface area contributed by atoms with Crippen molar-refractivity contribution in [1.29, 1.82) is 0 Å². The fourth-order valence-electron chi connectivity index (χ4n) is 1.78. The van der Waals surface area contributed by atoms with Gasteiger partial charge >= 0.3 is 0 Å². The van der Waals surface area contributed by atoms with Gasteiger partial charge in [-0.25, -0.2) is 0 Å². The Labute approximate surface area is 120 Å². The smallest absolute Gasteiger partial charge is 0.124 e. The topological polar surface area (TPSA) is 61.3 Å². The normalized spacial score (nSPS) is 11.5. The van der Waals surface area contributed by atoms with Crippen molar-refractivity contribution in [2.24, 2.45) is 11.5 Å². The van der Waals surface area contributed by atoms with E-state index in [0.717, 1.165) is 16.9 Å². The minimum absolute atomic E-state index is 0. The SMILES string of the molecule is Cl.NC[C@@H](N)c1ccccc1OCc1ccccc1. The van der Waals surface area contributed by atoms with Gasteiger partial charge in [0.25, 0.3) is 0 Å². The molecule has 0 radical (unpaired) electrons. The highest BCUT2D eigenvalue weighted by Crippen LogP contribution is 2.23. The maximum absolute atomic E-state index is 5.96. The maximum atomic E-state index is 5.96. The van der Waals surface area contributed by atoms with Crippen LogP contribution in [-0.4, -0.2) is 6.54 Å². The van der Waals surface area contributed by atoms with E-state index >= 15 is 0 Å². The summed E-state index contributed by atoms with van der Waals surface area (Å²) >= 11 is 0. The molecule has 0 unspecified atom stereocenters. The molecule has 0 amide bonds. The first-order chi connectivity index (χ1) is 8.81. The van der Waals surface area contributed by atoms with Crippen LogP contribution in [0.25, 0.3) is 0 Å². The van der Waals surface area contributed by atoms with Gasteiger partial charge in [-0.2, -0.15) is 0 Å². The first-order valence-corrected chi connectivity index (χ1v) is 6.02. The Bertz CT molecular complexity index is 491. The molecule has 19 heavy (non-hydrogen) atoms. The molecule has 4 heteroatoms. The molecule has 0 saturated heterocycles. The first kappa shape index (κ1) is 15.5.